The largest absolute Gasteiger partial charge is 0.490 e. The molecule has 7 heteroatoms. The van der Waals surface area contributed by atoms with Gasteiger partial charge in [0.1, 0.15) is 11.4 Å². The molecule has 0 fully saturated rings. The molecule has 6 nitrogen and oxygen atoms in total. The van der Waals surface area contributed by atoms with Gasteiger partial charge in [-0.15, -0.1) is 0 Å². The number of hydrogen-bond acceptors (Lipinski definition) is 5. The van der Waals surface area contributed by atoms with Crippen LogP contribution in [0.5, 0.6) is 17.2 Å². The van der Waals surface area contributed by atoms with Crippen LogP contribution in [-0.4, -0.2) is 39.4 Å². The molecular weight excluding hydrogens is 389 g/mol. The molecule has 0 bridgehead atoms. The molecular formula is C23H30FNO5. The Balaban J connectivity index is 2.30. The first-order valence-corrected chi connectivity index (χ1v) is 10.0. The van der Waals surface area contributed by atoms with Crippen LogP contribution in [0.1, 0.15) is 43.6 Å². The van der Waals surface area contributed by atoms with Crippen molar-refractivity contribution in [2.45, 2.75) is 33.3 Å². The van der Waals surface area contributed by atoms with Gasteiger partial charge in [0.25, 0.3) is 5.91 Å². The highest BCUT2D eigenvalue weighted by Gasteiger charge is 2.30. The molecule has 0 aliphatic heterocycles. The highest BCUT2D eigenvalue weighted by Crippen LogP contribution is 2.39. The van der Waals surface area contributed by atoms with Crippen LogP contribution in [0.2, 0.25) is 0 Å². The third-order valence-corrected chi connectivity index (χ3v) is 4.65. The van der Waals surface area contributed by atoms with E-state index in [0.717, 1.165) is 0 Å². The van der Waals surface area contributed by atoms with Crippen LogP contribution in [0, 0.1) is 5.82 Å². The van der Waals surface area contributed by atoms with Gasteiger partial charge in [0.15, 0.2) is 11.5 Å². The van der Waals surface area contributed by atoms with Gasteiger partial charge in [-0.05, 0) is 45.9 Å². The third kappa shape index (κ3) is 5.42. The van der Waals surface area contributed by atoms with E-state index in [0.29, 0.717) is 48.2 Å². The van der Waals surface area contributed by atoms with E-state index in [1.165, 1.54) is 13.2 Å². The summed E-state index contributed by atoms with van der Waals surface area (Å²) in [4.78, 5) is 12.9. The van der Waals surface area contributed by atoms with Crippen molar-refractivity contribution in [3.05, 3.63) is 53.3 Å². The van der Waals surface area contributed by atoms with E-state index in [9.17, 15) is 9.18 Å². The summed E-state index contributed by atoms with van der Waals surface area (Å²) >= 11 is 0. The fraction of sp³-hybridized carbons (Fsp3) is 0.435. The second-order valence-electron chi connectivity index (χ2n) is 6.70. The number of amides is 1. The van der Waals surface area contributed by atoms with E-state index in [1.807, 2.05) is 20.8 Å². The van der Waals surface area contributed by atoms with Crippen molar-refractivity contribution in [3.8, 4) is 17.2 Å². The van der Waals surface area contributed by atoms with Crippen molar-refractivity contribution < 1.29 is 28.1 Å². The van der Waals surface area contributed by atoms with Crippen LogP contribution in [0.15, 0.2) is 36.4 Å². The molecule has 164 valence electrons. The number of benzene rings is 2. The zero-order chi connectivity index (χ0) is 22.1. The lowest BCUT2D eigenvalue weighted by atomic mass is 9.95. The standard InChI is InChI=1S/C23H30FNO5/c1-6-28-19-13-16(14-20(29-7-2)21(19)30-8-3)22(26)25-15-23(4,27-5)17-11-9-10-12-18(17)24/h9-14H,6-8,15H2,1-5H3,(H,25,26). The maximum atomic E-state index is 14.3. The summed E-state index contributed by atoms with van der Waals surface area (Å²) in [5.41, 5.74) is -0.320. The summed E-state index contributed by atoms with van der Waals surface area (Å²) in [7, 11) is 1.48. The van der Waals surface area contributed by atoms with Gasteiger partial charge >= 0.3 is 0 Å². The van der Waals surface area contributed by atoms with Crippen molar-refractivity contribution in [3.63, 3.8) is 0 Å². The predicted octanol–water partition coefficient (Wildman–Crippen LogP) is 4.31. The Morgan fingerprint density at radius 2 is 1.57 bits per heavy atom. The summed E-state index contributed by atoms with van der Waals surface area (Å²) in [5.74, 6) is 0.568. The monoisotopic (exact) mass is 419 g/mol. The van der Waals surface area contributed by atoms with Crippen molar-refractivity contribution in [1.82, 2.24) is 5.32 Å². The SMILES string of the molecule is CCOc1cc(C(=O)NCC(C)(OC)c2ccccc2F)cc(OCC)c1OCC. The first kappa shape index (κ1) is 23.5. The third-order valence-electron chi connectivity index (χ3n) is 4.65. The summed E-state index contributed by atoms with van der Waals surface area (Å²) in [6.45, 7) is 8.60. The lowest BCUT2D eigenvalue weighted by Gasteiger charge is -2.29. The summed E-state index contributed by atoms with van der Waals surface area (Å²) < 4.78 is 36.8. The van der Waals surface area contributed by atoms with Gasteiger partial charge in [-0.25, -0.2) is 4.39 Å². The van der Waals surface area contributed by atoms with Gasteiger partial charge in [-0.2, -0.15) is 0 Å². The van der Waals surface area contributed by atoms with Crippen molar-refractivity contribution >= 4 is 5.91 Å². The van der Waals surface area contributed by atoms with E-state index in [1.54, 1.807) is 37.3 Å². The maximum absolute atomic E-state index is 14.3. The molecule has 1 unspecified atom stereocenters. The normalized spacial score (nSPS) is 12.7. The maximum Gasteiger partial charge on any atom is 0.251 e. The topological polar surface area (TPSA) is 66.0 Å². The first-order valence-electron chi connectivity index (χ1n) is 10.0. The molecule has 0 spiro atoms. The lowest BCUT2D eigenvalue weighted by Crippen LogP contribution is -2.40. The van der Waals surface area contributed by atoms with Gasteiger partial charge in [0.05, 0.1) is 26.4 Å². The number of ether oxygens (including phenoxy) is 4. The Labute approximate surface area is 177 Å². The molecule has 1 amide bonds. The minimum atomic E-state index is -1.03. The minimum absolute atomic E-state index is 0.0738. The smallest absolute Gasteiger partial charge is 0.251 e. The molecule has 0 saturated carbocycles. The van der Waals surface area contributed by atoms with E-state index in [-0.39, 0.29) is 12.5 Å². The Morgan fingerprint density at radius 3 is 2.07 bits per heavy atom. The second kappa shape index (κ2) is 10.8. The number of carbonyl (C=O) groups is 1. The number of rotatable bonds is 11. The molecule has 2 aromatic carbocycles. The van der Waals surface area contributed by atoms with E-state index >= 15 is 0 Å². The number of nitrogens with one attached hydrogen (secondary N) is 1. The van der Waals surface area contributed by atoms with Gasteiger partial charge in [0, 0.05) is 18.2 Å². The molecule has 2 aromatic rings. The molecule has 1 atom stereocenters. The molecule has 30 heavy (non-hydrogen) atoms. The molecule has 0 heterocycles. The number of carbonyl (C=O) groups excluding carboxylic acids is 1. The zero-order valence-electron chi connectivity index (χ0n) is 18.2. The molecule has 0 radical (unpaired) electrons. The van der Waals surface area contributed by atoms with Crippen LogP contribution < -0.4 is 19.5 Å². The number of hydrogen-bond donors (Lipinski definition) is 1. The van der Waals surface area contributed by atoms with Gasteiger partial charge in [0.2, 0.25) is 5.75 Å². The summed E-state index contributed by atoms with van der Waals surface area (Å²) in [6.07, 6.45) is 0. The van der Waals surface area contributed by atoms with Crippen molar-refractivity contribution in [2.75, 3.05) is 33.5 Å². The highest BCUT2D eigenvalue weighted by atomic mass is 19.1. The lowest BCUT2D eigenvalue weighted by molar-refractivity contribution is 0.000385. The summed E-state index contributed by atoms with van der Waals surface area (Å²) in [6, 6.07) is 9.57. The van der Waals surface area contributed by atoms with Crippen LogP contribution in [-0.2, 0) is 10.3 Å². The average molecular weight is 419 g/mol. The van der Waals surface area contributed by atoms with E-state index < -0.39 is 11.4 Å². The molecule has 0 aromatic heterocycles. The average Bonchev–Trinajstić information content (AvgIpc) is 2.74. The van der Waals surface area contributed by atoms with Gasteiger partial charge < -0.3 is 24.3 Å². The van der Waals surface area contributed by atoms with Crippen molar-refractivity contribution in [2.24, 2.45) is 0 Å². The fourth-order valence-electron chi connectivity index (χ4n) is 3.04. The minimum Gasteiger partial charge on any atom is -0.490 e. The Kier molecular flexibility index (Phi) is 8.47. The Hall–Kier alpha value is -2.80. The molecule has 0 saturated heterocycles. The van der Waals surface area contributed by atoms with E-state index in [2.05, 4.69) is 5.32 Å². The van der Waals surface area contributed by atoms with Crippen LogP contribution in [0.3, 0.4) is 0 Å². The van der Waals surface area contributed by atoms with Gasteiger partial charge in [-0.3, -0.25) is 4.79 Å². The van der Waals surface area contributed by atoms with Crippen LogP contribution >= 0.6 is 0 Å². The van der Waals surface area contributed by atoms with Crippen LogP contribution in [0.25, 0.3) is 0 Å². The second-order valence-corrected chi connectivity index (χ2v) is 6.70. The molecule has 1 N–H and O–H groups in total. The molecule has 0 aliphatic rings. The zero-order valence-corrected chi connectivity index (χ0v) is 18.2. The van der Waals surface area contributed by atoms with Gasteiger partial charge in [-0.1, -0.05) is 18.2 Å². The first-order chi connectivity index (χ1) is 14.4. The Morgan fingerprint density at radius 1 is 1.00 bits per heavy atom. The van der Waals surface area contributed by atoms with E-state index in [4.69, 9.17) is 18.9 Å². The van der Waals surface area contributed by atoms with Crippen molar-refractivity contribution in [1.29, 1.82) is 0 Å². The fourth-order valence-corrected chi connectivity index (χ4v) is 3.04. The molecule has 0 aliphatic carbocycles. The number of methoxy groups -OCH3 is 1. The molecule has 2 rings (SSSR count). The predicted molar refractivity (Wildman–Crippen MR) is 113 cm³/mol. The quantitative estimate of drug-likeness (QED) is 0.588. The highest BCUT2D eigenvalue weighted by molar-refractivity contribution is 5.95. The van der Waals surface area contributed by atoms with Crippen LogP contribution in [0.4, 0.5) is 4.39 Å². The Bertz CT molecular complexity index is 830. The summed E-state index contributed by atoms with van der Waals surface area (Å²) in [5, 5.41) is 2.82. The number of halogens is 1.